The highest BCUT2D eigenvalue weighted by Gasteiger charge is 2.21. The predicted octanol–water partition coefficient (Wildman–Crippen LogP) is 0.627. The molecule has 0 amide bonds. The normalized spacial score (nSPS) is 10.3. The fourth-order valence-electron chi connectivity index (χ4n) is 1.53. The van der Waals surface area contributed by atoms with Crippen LogP contribution >= 0.6 is 0 Å². The van der Waals surface area contributed by atoms with Crippen molar-refractivity contribution in [3.63, 3.8) is 0 Å². The van der Waals surface area contributed by atoms with Crippen LogP contribution in [-0.4, -0.2) is 52.9 Å². The Hall–Kier alpha value is -2.00. The molecule has 0 saturated carbocycles. The predicted molar refractivity (Wildman–Crippen MR) is 73.9 cm³/mol. The lowest BCUT2D eigenvalue weighted by Crippen LogP contribution is -2.12. The molecule has 0 aliphatic heterocycles. The Morgan fingerprint density at radius 1 is 1.35 bits per heavy atom. The van der Waals surface area contributed by atoms with Crippen molar-refractivity contribution in [3.05, 3.63) is 16.4 Å². The maximum Gasteiger partial charge on any atom is 0.353 e. The molecule has 0 fully saturated rings. The maximum absolute atomic E-state index is 11.1. The molecule has 1 heterocycles. The molecule has 0 spiro atoms. The van der Waals surface area contributed by atoms with Gasteiger partial charge in [-0.05, 0) is 13.3 Å². The van der Waals surface area contributed by atoms with Gasteiger partial charge in [0.2, 0.25) is 11.6 Å². The number of rotatable bonds is 10. The molecule has 9 nitrogen and oxygen atoms in total. The fourth-order valence-corrected chi connectivity index (χ4v) is 1.53. The highest BCUT2D eigenvalue weighted by molar-refractivity contribution is 5.69. The Kier molecular flexibility index (Phi) is 7.22. The quantitative estimate of drug-likeness (QED) is 0.325. The van der Waals surface area contributed by atoms with Crippen molar-refractivity contribution in [2.75, 3.05) is 43.5 Å². The Morgan fingerprint density at radius 2 is 2.05 bits per heavy atom. The van der Waals surface area contributed by atoms with E-state index in [9.17, 15) is 10.1 Å². The number of aliphatic hydroxyl groups is 1. The summed E-state index contributed by atoms with van der Waals surface area (Å²) in [5, 5.41) is 25.4. The standard InChI is InChI=1S/C11H19N5O4/c1-2-12-10-9(16(18)19)11(15-8-14-10)13-4-3-6-20-7-5-17/h8,17H,2-7H2,1H3,(H2,12,13,14,15). The van der Waals surface area contributed by atoms with E-state index in [-0.39, 0.29) is 30.5 Å². The second kappa shape index (κ2) is 8.99. The lowest BCUT2D eigenvalue weighted by Gasteiger charge is -2.09. The van der Waals surface area contributed by atoms with E-state index in [2.05, 4.69) is 20.6 Å². The van der Waals surface area contributed by atoms with Crippen LogP contribution in [0.15, 0.2) is 6.33 Å². The van der Waals surface area contributed by atoms with E-state index in [0.717, 1.165) is 0 Å². The molecule has 0 radical (unpaired) electrons. The van der Waals surface area contributed by atoms with Crippen molar-refractivity contribution in [1.82, 2.24) is 9.97 Å². The van der Waals surface area contributed by atoms with Crippen LogP contribution in [0.5, 0.6) is 0 Å². The van der Waals surface area contributed by atoms with Crippen LogP contribution in [-0.2, 0) is 4.74 Å². The number of aliphatic hydroxyl groups excluding tert-OH is 1. The van der Waals surface area contributed by atoms with Gasteiger partial charge in [0.05, 0.1) is 18.1 Å². The number of hydrogen-bond donors (Lipinski definition) is 3. The molecule has 1 aromatic rings. The molecular weight excluding hydrogens is 266 g/mol. The first-order valence-corrected chi connectivity index (χ1v) is 6.36. The van der Waals surface area contributed by atoms with Crippen LogP contribution in [0.3, 0.4) is 0 Å². The van der Waals surface area contributed by atoms with Crippen molar-refractivity contribution in [3.8, 4) is 0 Å². The van der Waals surface area contributed by atoms with Crippen LogP contribution in [0.4, 0.5) is 17.3 Å². The van der Waals surface area contributed by atoms with Crippen molar-refractivity contribution in [2.24, 2.45) is 0 Å². The minimum atomic E-state index is -0.511. The first-order chi connectivity index (χ1) is 9.70. The van der Waals surface area contributed by atoms with Gasteiger partial charge in [0, 0.05) is 19.7 Å². The van der Waals surface area contributed by atoms with Gasteiger partial charge in [0.25, 0.3) is 0 Å². The first kappa shape index (κ1) is 16.1. The number of ether oxygens (including phenoxy) is 1. The summed E-state index contributed by atoms with van der Waals surface area (Å²) in [5.41, 5.74) is -0.161. The summed E-state index contributed by atoms with van der Waals surface area (Å²) in [4.78, 5) is 18.3. The SMILES string of the molecule is CCNc1ncnc(NCCCOCCO)c1[N+](=O)[O-]. The fraction of sp³-hybridized carbons (Fsp3) is 0.636. The van der Waals surface area contributed by atoms with Crippen LogP contribution in [0, 0.1) is 10.1 Å². The monoisotopic (exact) mass is 285 g/mol. The van der Waals surface area contributed by atoms with Gasteiger partial charge in [-0.3, -0.25) is 10.1 Å². The van der Waals surface area contributed by atoms with E-state index in [4.69, 9.17) is 9.84 Å². The van der Waals surface area contributed by atoms with E-state index in [1.807, 2.05) is 6.92 Å². The van der Waals surface area contributed by atoms with Crippen molar-refractivity contribution < 1.29 is 14.8 Å². The van der Waals surface area contributed by atoms with E-state index in [1.54, 1.807) is 0 Å². The van der Waals surface area contributed by atoms with Gasteiger partial charge < -0.3 is 20.5 Å². The zero-order valence-electron chi connectivity index (χ0n) is 11.3. The van der Waals surface area contributed by atoms with Gasteiger partial charge in [-0.25, -0.2) is 9.97 Å². The summed E-state index contributed by atoms with van der Waals surface area (Å²) >= 11 is 0. The van der Waals surface area contributed by atoms with Gasteiger partial charge in [-0.15, -0.1) is 0 Å². The molecule has 0 atom stereocenters. The van der Waals surface area contributed by atoms with E-state index >= 15 is 0 Å². The number of nitrogens with one attached hydrogen (secondary N) is 2. The molecule has 0 aromatic carbocycles. The van der Waals surface area contributed by atoms with Gasteiger partial charge in [0.15, 0.2) is 0 Å². The molecule has 20 heavy (non-hydrogen) atoms. The molecule has 0 bridgehead atoms. The van der Waals surface area contributed by atoms with Crippen LogP contribution in [0.1, 0.15) is 13.3 Å². The lowest BCUT2D eigenvalue weighted by molar-refractivity contribution is -0.383. The average molecular weight is 285 g/mol. The molecule has 1 aromatic heterocycles. The third kappa shape index (κ3) is 4.94. The molecule has 0 unspecified atom stereocenters. The second-order valence-corrected chi connectivity index (χ2v) is 3.82. The first-order valence-electron chi connectivity index (χ1n) is 6.36. The lowest BCUT2D eigenvalue weighted by atomic mass is 10.4. The van der Waals surface area contributed by atoms with Gasteiger partial charge in [-0.1, -0.05) is 0 Å². The molecule has 9 heteroatoms. The smallest absolute Gasteiger partial charge is 0.353 e. The third-order valence-electron chi connectivity index (χ3n) is 2.34. The van der Waals surface area contributed by atoms with Gasteiger partial charge in [0.1, 0.15) is 6.33 Å². The molecule has 3 N–H and O–H groups in total. The van der Waals surface area contributed by atoms with Crippen LogP contribution in [0.25, 0.3) is 0 Å². The molecule has 0 aliphatic rings. The summed E-state index contributed by atoms with van der Waals surface area (Å²) in [5.74, 6) is 0.384. The molecule has 1 rings (SSSR count). The Bertz CT molecular complexity index is 429. The van der Waals surface area contributed by atoms with Crippen molar-refractivity contribution in [1.29, 1.82) is 0 Å². The van der Waals surface area contributed by atoms with Crippen molar-refractivity contribution in [2.45, 2.75) is 13.3 Å². The minimum Gasteiger partial charge on any atom is -0.394 e. The Balaban J connectivity index is 2.60. The molecular formula is C11H19N5O4. The topological polar surface area (TPSA) is 122 Å². The summed E-state index contributed by atoms with van der Waals surface area (Å²) in [7, 11) is 0. The highest BCUT2D eigenvalue weighted by Crippen LogP contribution is 2.28. The zero-order valence-corrected chi connectivity index (χ0v) is 11.3. The summed E-state index contributed by atoms with van der Waals surface area (Å²) in [6.45, 7) is 3.58. The third-order valence-corrected chi connectivity index (χ3v) is 2.34. The van der Waals surface area contributed by atoms with Gasteiger partial charge >= 0.3 is 5.69 Å². The maximum atomic E-state index is 11.1. The highest BCUT2D eigenvalue weighted by atomic mass is 16.6. The largest absolute Gasteiger partial charge is 0.394 e. The molecule has 112 valence electrons. The number of nitro groups is 1. The van der Waals surface area contributed by atoms with E-state index in [1.165, 1.54) is 6.33 Å². The number of aromatic nitrogens is 2. The Morgan fingerprint density at radius 3 is 2.65 bits per heavy atom. The van der Waals surface area contributed by atoms with Crippen LogP contribution in [0.2, 0.25) is 0 Å². The minimum absolute atomic E-state index is 0.0170. The van der Waals surface area contributed by atoms with Gasteiger partial charge in [-0.2, -0.15) is 0 Å². The van der Waals surface area contributed by atoms with Crippen molar-refractivity contribution >= 4 is 17.3 Å². The van der Waals surface area contributed by atoms with E-state index < -0.39 is 4.92 Å². The summed E-state index contributed by atoms with van der Waals surface area (Å²) < 4.78 is 5.09. The average Bonchev–Trinajstić information content (AvgIpc) is 2.43. The number of nitrogens with zero attached hydrogens (tertiary/aromatic N) is 3. The zero-order chi connectivity index (χ0) is 14.8. The second-order valence-electron chi connectivity index (χ2n) is 3.82. The Labute approximate surface area is 116 Å². The number of hydrogen-bond acceptors (Lipinski definition) is 8. The molecule has 0 aliphatic carbocycles. The summed E-state index contributed by atoms with van der Waals surface area (Å²) in [6.07, 6.45) is 1.92. The molecule has 0 saturated heterocycles. The number of anilines is 2. The van der Waals surface area contributed by atoms with E-state index in [0.29, 0.717) is 26.1 Å². The summed E-state index contributed by atoms with van der Waals surface area (Å²) in [6, 6.07) is 0. The van der Waals surface area contributed by atoms with Crippen LogP contribution < -0.4 is 10.6 Å².